The highest BCUT2D eigenvalue weighted by atomic mass is 35.5. The van der Waals surface area contributed by atoms with Crippen molar-refractivity contribution >= 4 is 23.2 Å². The van der Waals surface area contributed by atoms with Crippen molar-refractivity contribution in [1.82, 2.24) is 0 Å². The lowest BCUT2D eigenvalue weighted by Crippen LogP contribution is -2.07. The van der Waals surface area contributed by atoms with Gasteiger partial charge in [-0.15, -0.1) is 11.6 Å². The Morgan fingerprint density at radius 1 is 1.16 bits per heavy atom. The molecule has 0 aliphatic rings. The molecular formula is C16H15Cl2F. The summed E-state index contributed by atoms with van der Waals surface area (Å²) in [7, 11) is 0. The molecule has 0 spiro atoms. The molecule has 0 heterocycles. The summed E-state index contributed by atoms with van der Waals surface area (Å²) in [5, 5.41) is 0.416. The Balaban J connectivity index is 2.27. The Morgan fingerprint density at radius 2 is 1.89 bits per heavy atom. The number of benzene rings is 2. The van der Waals surface area contributed by atoms with E-state index in [1.54, 1.807) is 12.1 Å². The molecule has 1 atom stereocenters. The highest BCUT2D eigenvalue weighted by molar-refractivity contribution is 6.30. The predicted molar refractivity (Wildman–Crippen MR) is 79.8 cm³/mol. The van der Waals surface area contributed by atoms with Crippen LogP contribution in [0.25, 0.3) is 0 Å². The molecule has 0 aliphatic heterocycles. The number of halogens is 3. The minimum Gasteiger partial charge on any atom is -0.207 e. The van der Waals surface area contributed by atoms with E-state index in [1.807, 2.05) is 25.1 Å². The van der Waals surface area contributed by atoms with E-state index in [1.165, 1.54) is 17.2 Å². The van der Waals surface area contributed by atoms with Gasteiger partial charge in [-0.05, 0) is 42.2 Å². The maximum atomic E-state index is 13.8. The van der Waals surface area contributed by atoms with Crippen molar-refractivity contribution in [3.05, 3.63) is 70.0 Å². The minimum absolute atomic E-state index is 0.110. The van der Waals surface area contributed by atoms with E-state index >= 15 is 0 Å². The van der Waals surface area contributed by atoms with Crippen LogP contribution >= 0.6 is 23.2 Å². The first-order chi connectivity index (χ1) is 9.11. The lowest BCUT2D eigenvalue weighted by molar-refractivity contribution is 0.598. The van der Waals surface area contributed by atoms with Gasteiger partial charge >= 0.3 is 0 Å². The van der Waals surface area contributed by atoms with Crippen LogP contribution in [0.4, 0.5) is 4.39 Å². The smallest absolute Gasteiger partial charge is 0.127 e. The summed E-state index contributed by atoms with van der Waals surface area (Å²) < 4.78 is 13.8. The topological polar surface area (TPSA) is 0 Å². The zero-order valence-corrected chi connectivity index (χ0v) is 12.2. The molecule has 0 nitrogen and oxygen atoms in total. The van der Waals surface area contributed by atoms with E-state index in [0.717, 1.165) is 0 Å². The molecule has 2 aromatic rings. The lowest BCUT2D eigenvalue weighted by atomic mass is 9.90. The number of hydrogen-bond donors (Lipinski definition) is 0. The zero-order chi connectivity index (χ0) is 13.8. The second kappa shape index (κ2) is 6.40. The van der Waals surface area contributed by atoms with Gasteiger partial charge in [-0.1, -0.05) is 41.9 Å². The molecule has 0 aliphatic carbocycles. The highest BCUT2D eigenvalue weighted by Gasteiger charge is 2.15. The number of alkyl halides is 1. The standard InChI is InChI=1S/C16H15Cl2F/c1-11-4-2-3-5-15(11)13(10-17)8-12-6-7-14(18)9-16(12)19/h2-7,9,13H,8,10H2,1H3. The molecule has 0 saturated carbocycles. The van der Waals surface area contributed by atoms with Crippen LogP contribution in [-0.2, 0) is 6.42 Å². The summed E-state index contributed by atoms with van der Waals surface area (Å²) >= 11 is 11.8. The SMILES string of the molecule is Cc1ccccc1C(CCl)Cc1ccc(Cl)cc1F. The van der Waals surface area contributed by atoms with Gasteiger partial charge in [-0.3, -0.25) is 0 Å². The normalized spacial score (nSPS) is 12.4. The van der Waals surface area contributed by atoms with Gasteiger partial charge in [-0.25, -0.2) is 4.39 Å². The molecular weight excluding hydrogens is 282 g/mol. The van der Waals surface area contributed by atoms with Crippen LogP contribution in [0.15, 0.2) is 42.5 Å². The summed E-state index contributed by atoms with van der Waals surface area (Å²) in [5.41, 5.74) is 3.01. The van der Waals surface area contributed by atoms with Crippen molar-refractivity contribution in [3.63, 3.8) is 0 Å². The largest absolute Gasteiger partial charge is 0.207 e. The fourth-order valence-electron chi connectivity index (χ4n) is 2.25. The quantitative estimate of drug-likeness (QED) is 0.667. The third kappa shape index (κ3) is 3.49. The molecule has 100 valence electrons. The van der Waals surface area contributed by atoms with Gasteiger partial charge in [0.05, 0.1) is 0 Å². The van der Waals surface area contributed by atoms with E-state index < -0.39 is 0 Å². The first-order valence-corrected chi connectivity index (χ1v) is 7.08. The Morgan fingerprint density at radius 3 is 2.53 bits per heavy atom. The fourth-order valence-corrected chi connectivity index (χ4v) is 2.68. The Hall–Kier alpha value is -1.05. The van der Waals surface area contributed by atoms with Gasteiger partial charge in [0, 0.05) is 16.8 Å². The van der Waals surface area contributed by atoms with Crippen molar-refractivity contribution in [2.45, 2.75) is 19.3 Å². The molecule has 2 aromatic carbocycles. The van der Waals surface area contributed by atoms with Gasteiger partial charge in [-0.2, -0.15) is 0 Å². The minimum atomic E-state index is -0.267. The second-order valence-corrected chi connectivity index (χ2v) is 5.39. The molecule has 0 amide bonds. The molecule has 0 saturated heterocycles. The molecule has 0 radical (unpaired) electrons. The van der Waals surface area contributed by atoms with Gasteiger partial charge in [0.25, 0.3) is 0 Å². The van der Waals surface area contributed by atoms with Crippen LogP contribution in [0.5, 0.6) is 0 Å². The van der Waals surface area contributed by atoms with Gasteiger partial charge in [0.1, 0.15) is 5.82 Å². The summed E-state index contributed by atoms with van der Waals surface area (Å²) in [4.78, 5) is 0. The first-order valence-electron chi connectivity index (χ1n) is 6.17. The summed E-state index contributed by atoms with van der Waals surface area (Å²) in [6.45, 7) is 2.05. The van der Waals surface area contributed by atoms with Crippen molar-refractivity contribution in [3.8, 4) is 0 Å². The predicted octanol–water partition coefficient (Wildman–Crippen LogP) is 5.35. The molecule has 19 heavy (non-hydrogen) atoms. The maximum absolute atomic E-state index is 13.8. The average molecular weight is 297 g/mol. The van der Waals surface area contributed by atoms with Crippen LogP contribution in [0.1, 0.15) is 22.6 Å². The van der Waals surface area contributed by atoms with Gasteiger partial charge in [0.2, 0.25) is 0 Å². The van der Waals surface area contributed by atoms with Crippen LogP contribution in [0.3, 0.4) is 0 Å². The van der Waals surface area contributed by atoms with Crippen LogP contribution in [0.2, 0.25) is 5.02 Å². The third-order valence-electron chi connectivity index (χ3n) is 3.30. The van der Waals surface area contributed by atoms with Gasteiger partial charge in [0.15, 0.2) is 0 Å². The lowest BCUT2D eigenvalue weighted by Gasteiger charge is -2.17. The average Bonchev–Trinajstić information content (AvgIpc) is 2.39. The van der Waals surface area contributed by atoms with Crippen molar-refractivity contribution in [1.29, 1.82) is 0 Å². The van der Waals surface area contributed by atoms with Crippen LogP contribution in [-0.4, -0.2) is 5.88 Å². The van der Waals surface area contributed by atoms with E-state index in [9.17, 15) is 4.39 Å². The zero-order valence-electron chi connectivity index (χ0n) is 10.7. The van der Waals surface area contributed by atoms with Crippen molar-refractivity contribution in [2.24, 2.45) is 0 Å². The molecule has 0 bridgehead atoms. The molecule has 3 heteroatoms. The second-order valence-electron chi connectivity index (χ2n) is 4.65. The van der Waals surface area contributed by atoms with E-state index in [2.05, 4.69) is 6.07 Å². The molecule has 0 N–H and O–H groups in total. The van der Waals surface area contributed by atoms with Crippen LogP contribution < -0.4 is 0 Å². The highest BCUT2D eigenvalue weighted by Crippen LogP contribution is 2.27. The summed E-state index contributed by atoms with van der Waals surface area (Å²) in [5.74, 6) is 0.308. The van der Waals surface area contributed by atoms with E-state index in [0.29, 0.717) is 22.9 Å². The maximum Gasteiger partial charge on any atom is 0.127 e. The number of rotatable bonds is 4. The Labute approximate surface area is 123 Å². The van der Waals surface area contributed by atoms with Crippen molar-refractivity contribution in [2.75, 3.05) is 5.88 Å². The summed E-state index contributed by atoms with van der Waals surface area (Å²) in [6.07, 6.45) is 0.581. The first kappa shape index (κ1) is 14.4. The fraction of sp³-hybridized carbons (Fsp3) is 0.250. The van der Waals surface area contributed by atoms with Crippen LogP contribution in [0, 0.1) is 12.7 Å². The Bertz CT molecular complexity index is 566. The molecule has 2 rings (SSSR count). The molecule has 1 unspecified atom stereocenters. The molecule has 0 fully saturated rings. The summed E-state index contributed by atoms with van der Waals surface area (Å²) in [6, 6.07) is 12.9. The number of hydrogen-bond acceptors (Lipinski definition) is 0. The monoisotopic (exact) mass is 296 g/mol. The number of aryl methyl sites for hydroxylation is 1. The van der Waals surface area contributed by atoms with Crippen molar-refractivity contribution < 1.29 is 4.39 Å². The Kier molecular flexibility index (Phi) is 4.84. The van der Waals surface area contributed by atoms with Gasteiger partial charge < -0.3 is 0 Å². The van der Waals surface area contributed by atoms with E-state index in [4.69, 9.17) is 23.2 Å². The molecule has 0 aromatic heterocycles. The third-order valence-corrected chi connectivity index (χ3v) is 3.90. The van der Waals surface area contributed by atoms with E-state index in [-0.39, 0.29) is 11.7 Å².